The van der Waals surface area contributed by atoms with Crippen LogP contribution in [0.4, 0.5) is 4.39 Å². The van der Waals surface area contributed by atoms with Gasteiger partial charge in [0.15, 0.2) is 0 Å². The summed E-state index contributed by atoms with van der Waals surface area (Å²) in [5.41, 5.74) is 3.26. The maximum Gasteiger partial charge on any atom is 0.137 e. The maximum absolute atomic E-state index is 13.3. The van der Waals surface area contributed by atoms with E-state index in [9.17, 15) is 4.39 Å². The van der Waals surface area contributed by atoms with Crippen LogP contribution in [0.15, 0.2) is 28.7 Å². The highest BCUT2D eigenvalue weighted by Gasteiger charge is 2.16. The van der Waals surface area contributed by atoms with Crippen LogP contribution in [0, 0.1) is 12.7 Å². The fourth-order valence-electron chi connectivity index (χ4n) is 2.36. The van der Waals surface area contributed by atoms with Crippen LogP contribution < -0.4 is 5.32 Å². The molecule has 108 valence electrons. The second kappa shape index (κ2) is 6.50. The Morgan fingerprint density at radius 1 is 1.40 bits per heavy atom. The molecule has 1 aromatic carbocycles. The summed E-state index contributed by atoms with van der Waals surface area (Å²) < 4.78 is 15.8. The number of hydrogen-bond donors (Lipinski definition) is 1. The molecular formula is C15H19BrFN3. The van der Waals surface area contributed by atoms with Crippen molar-refractivity contribution in [3.8, 4) is 0 Å². The fraction of sp³-hybridized carbons (Fsp3) is 0.400. The quantitative estimate of drug-likeness (QED) is 0.901. The number of aryl methyl sites for hydroxylation is 2. The molecule has 2 aromatic rings. The predicted molar refractivity (Wildman–Crippen MR) is 82.2 cm³/mol. The normalized spacial score (nSPS) is 12.7. The van der Waals surface area contributed by atoms with Crippen LogP contribution in [0.25, 0.3) is 0 Å². The summed E-state index contributed by atoms with van der Waals surface area (Å²) in [4.78, 5) is 0. The van der Waals surface area contributed by atoms with E-state index in [2.05, 4.69) is 39.3 Å². The molecule has 0 aliphatic heterocycles. The first-order valence-electron chi connectivity index (χ1n) is 6.70. The average Bonchev–Trinajstić information content (AvgIpc) is 2.81. The molecule has 0 fully saturated rings. The lowest BCUT2D eigenvalue weighted by Gasteiger charge is -2.17. The molecule has 1 heterocycles. The third-order valence-corrected chi connectivity index (χ3v) is 3.97. The van der Waals surface area contributed by atoms with Crippen LogP contribution >= 0.6 is 15.9 Å². The molecular weight excluding hydrogens is 321 g/mol. The number of rotatable bonds is 5. The Labute approximate surface area is 127 Å². The van der Waals surface area contributed by atoms with Gasteiger partial charge in [-0.2, -0.15) is 5.10 Å². The Balaban J connectivity index is 2.26. The van der Waals surface area contributed by atoms with Crippen molar-refractivity contribution in [2.24, 2.45) is 0 Å². The average molecular weight is 340 g/mol. The number of halogens is 2. The van der Waals surface area contributed by atoms with Gasteiger partial charge < -0.3 is 5.32 Å². The lowest BCUT2D eigenvalue weighted by Crippen LogP contribution is -2.22. The summed E-state index contributed by atoms with van der Waals surface area (Å²) in [5.74, 6) is -0.232. The van der Waals surface area contributed by atoms with Crippen molar-refractivity contribution >= 4 is 15.9 Å². The molecule has 3 nitrogen and oxygen atoms in total. The van der Waals surface area contributed by atoms with Crippen LogP contribution in [0.3, 0.4) is 0 Å². The molecule has 0 aliphatic carbocycles. The Morgan fingerprint density at radius 2 is 2.15 bits per heavy atom. The van der Waals surface area contributed by atoms with E-state index in [1.165, 1.54) is 6.07 Å². The van der Waals surface area contributed by atoms with Crippen LogP contribution in [0.1, 0.15) is 29.9 Å². The molecule has 1 unspecified atom stereocenters. The molecule has 0 bridgehead atoms. The smallest absolute Gasteiger partial charge is 0.137 e. The van der Waals surface area contributed by atoms with Gasteiger partial charge in [-0.3, -0.25) is 4.68 Å². The first-order valence-corrected chi connectivity index (χ1v) is 7.50. The summed E-state index contributed by atoms with van der Waals surface area (Å²) in [6.45, 7) is 4.92. The van der Waals surface area contributed by atoms with Gasteiger partial charge in [0.05, 0.1) is 21.9 Å². The van der Waals surface area contributed by atoms with Gasteiger partial charge in [0.1, 0.15) is 5.82 Å². The van der Waals surface area contributed by atoms with Crippen molar-refractivity contribution in [2.75, 3.05) is 7.05 Å². The maximum atomic E-state index is 13.3. The van der Waals surface area contributed by atoms with E-state index >= 15 is 0 Å². The first kappa shape index (κ1) is 15.2. The minimum atomic E-state index is -0.232. The Hall–Kier alpha value is -1.20. The van der Waals surface area contributed by atoms with Gasteiger partial charge >= 0.3 is 0 Å². The highest BCUT2D eigenvalue weighted by molar-refractivity contribution is 9.10. The standard InChI is InChI=1S/C15H19BrFN3/c1-4-20-15(7-10(2)19-20)14(18-3)9-11-5-6-13(17)12(16)8-11/h5-8,14,18H,4,9H2,1-3H3. The van der Waals surface area contributed by atoms with Crippen molar-refractivity contribution in [3.05, 3.63) is 51.5 Å². The van der Waals surface area contributed by atoms with E-state index in [-0.39, 0.29) is 11.9 Å². The van der Waals surface area contributed by atoms with Crippen molar-refractivity contribution in [1.29, 1.82) is 0 Å². The Kier molecular flexibility index (Phi) is 4.94. The topological polar surface area (TPSA) is 29.9 Å². The van der Waals surface area contributed by atoms with Gasteiger partial charge in [-0.1, -0.05) is 6.07 Å². The van der Waals surface area contributed by atoms with Gasteiger partial charge in [-0.05, 0) is 67.0 Å². The Bertz CT molecular complexity index is 595. The molecule has 0 saturated heterocycles. The second-order valence-electron chi connectivity index (χ2n) is 4.82. The highest BCUT2D eigenvalue weighted by atomic mass is 79.9. The number of nitrogens with zero attached hydrogens (tertiary/aromatic N) is 2. The zero-order valence-electron chi connectivity index (χ0n) is 12.0. The second-order valence-corrected chi connectivity index (χ2v) is 5.67. The van der Waals surface area contributed by atoms with Crippen molar-refractivity contribution in [1.82, 2.24) is 15.1 Å². The number of benzene rings is 1. The van der Waals surface area contributed by atoms with Crippen LogP contribution in [-0.2, 0) is 13.0 Å². The van der Waals surface area contributed by atoms with Gasteiger partial charge in [0, 0.05) is 6.54 Å². The lowest BCUT2D eigenvalue weighted by molar-refractivity contribution is 0.512. The van der Waals surface area contributed by atoms with Crippen LogP contribution in [0.5, 0.6) is 0 Å². The summed E-state index contributed by atoms with van der Waals surface area (Å²) in [7, 11) is 1.94. The summed E-state index contributed by atoms with van der Waals surface area (Å²) in [6, 6.07) is 7.41. The molecule has 1 atom stereocenters. The monoisotopic (exact) mass is 339 g/mol. The number of aromatic nitrogens is 2. The van der Waals surface area contributed by atoms with Crippen LogP contribution in [0.2, 0.25) is 0 Å². The van der Waals surface area contributed by atoms with Crippen LogP contribution in [-0.4, -0.2) is 16.8 Å². The van der Waals surface area contributed by atoms with Crippen molar-refractivity contribution in [2.45, 2.75) is 32.9 Å². The van der Waals surface area contributed by atoms with E-state index < -0.39 is 0 Å². The van der Waals surface area contributed by atoms with E-state index in [1.807, 2.05) is 30.8 Å². The lowest BCUT2D eigenvalue weighted by atomic mass is 10.0. The number of likely N-dealkylation sites (N-methyl/N-ethyl adjacent to an activating group) is 1. The molecule has 1 aromatic heterocycles. The molecule has 5 heteroatoms. The van der Waals surface area contributed by atoms with Gasteiger partial charge in [-0.25, -0.2) is 4.39 Å². The third-order valence-electron chi connectivity index (χ3n) is 3.36. The highest BCUT2D eigenvalue weighted by Crippen LogP contribution is 2.23. The van der Waals surface area contributed by atoms with Gasteiger partial charge in [0.25, 0.3) is 0 Å². The van der Waals surface area contributed by atoms with E-state index in [0.29, 0.717) is 4.47 Å². The molecule has 0 saturated carbocycles. The molecule has 0 aliphatic rings. The zero-order chi connectivity index (χ0) is 14.7. The predicted octanol–water partition coefficient (Wildman–Crippen LogP) is 3.62. The Morgan fingerprint density at radius 3 is 2.75 bits per heavy atom. The third kappa shape index (κ3) is 3.27. The summed E-state index contributed by atoms with van der Waals surface area (Å²) >= 11 is 3.23. The summed E-state index contributed by atoms with van der Waals surface area (Å²) in [5, 5.41) is 7.80. The minimum Gasteiger partial charge on any atom is -0.311 e. The molecule has 0 spiro atoms. The van der Waals surface area contributed by atoms with Crippen molar-refractivity contribution < 1.29 is 4.39 Å². The minimum absolute atomic E-state index is 0.161. The molecule has 2 rings (SSSR count). The van der Waals surface area contributed by atoms with E-state index in [1.54, 1.807) is 0 Å². The van der Waals surface area contributed by atoms with Crippen molar-refractivity contribution in [3.63, 3.8) is 0 Å². The molecule has 0 amide bonds. The number of hydrogen-bond acceptors (Lipinski definition) is 2. The zero-order valence-corrected chi connectivity index (χ0v) is 13.5. The van der Waals surface area contributed by atoms with Gasteiger partial charge in [-0.15, -0.1) is 0 Å². The van der Waals surface area contributed by atoms with Gasteiger partial charge in [0.2, 0.25) is 0 Å². The summed E-state index contributed by atoms with van der Waals surface area (Å²) in [6.07, 6.45) is 0.792. The molecule has 20 heavy (non-hydrogen) atoms. The number of nitrogens with one attached hydrogen (secondary N) is 1. The molecule has 1 N–H and O–H groups in total. The SMILES string of the molecule is CCn1nc(C)cc1C(Cc1ccc(F)c(Br)c1)NC. The molecule has 0 radical (unpaired) electrons. The van der Waals surface area contributed by atoms with E-state index in [0.717, 1.165) is 29.9 Å². The fourth-order valence-corrected chi connectivity index (χ4v) is 2.78. The first-order chi connectivity index (χ1) is 9.55. The van der Waals surface area contributed by atoms with E-state index in [4.69, 9.17) is 0 Å². The largest absolute Gasteiger partial charge is 0.311 e.